The largest absolute Gasteiger partial charge is 0.291 e. The Labute approximate surface area is 183 Å². The van der Waals surface area contributed by atoms with E-state index in [0.29, 0.717) is 0 Å². The molecule has 0 aliphatic carbocycles. The Morgan fingerprint density at radius 2 is 0.742 bits per heavy atom. The smallest absolute Gasteiger partial charge is 0.0636 e. The number of rotatable bonds is 12. The first-order chi connectivity index (χ1) is 15.2. The van der Waals surface area contributed by atoms with Crippen molar-refractivity contribution in [1.82, 2.24) is 4.90 Å². The molecule has 3 aromatic carbocycles. The van der Waals surface area contributed by atoms with Gasteiger partial charge in [-0.25, -0.2) is 0 Å². The van der Waals surface area contributed by atoms with Gasteiger partial charge in [0.25, 0.3) is 0 Å². The van der Waals surface area contributed by atoms with Crippen molar-refractivity contribution in [3.05, 3.63) is 89.5 Å². The number of anilines is 3. The zero-order chi connectivity index (χ0) is 21.9. The number of hydrogen-bond acceptors (Lipinski definition) is 7. The SMILES string of the molecule is CONc1ccc(CN(Cc2ccc(NOC)cc2)Cc2ccc(NOC)cc2)cc1. The standard InChI is InChI=1S/C24H30N4O3/c1-29-25-22-10-4-19(5-11-22)16-28(17-20-6-12-23(13-7-20)26-30-2)18-21-8-14-24(15-9-21)27-31-3/h4-15,25-27H,16-18H2,1-3H3. The van der Waals surface area contributed by atoms with Gasteiger partial charge in [-0.1, -0.05) is 36.4 Å². The quantitative estimate of drug-likeness (QED) is 0.362. The van der Waals surface area contributed by atoms with Crippen molar-refractivity contribution < 1.29 is 14.5 Å². The van der Waals surface area contributed by atoms with Gasteiger partial charge in [-0.15, -0.1) is 0 Å². The summed E-state index contributed by atoms with van der Waals surface area (Å²) >= 11 is 0. The van der Waals surface area contributed by atoms with Crippen LogP contribution in [-0.4, -0.2) is 26.2 Å². The van der Waals surface area contributed by atoms with E-state index in [9.17, 15) is 0 Å². The Morgan fingerprint density at radius 3 is 0.968 bits per heavy atom. The highest BCUT2D eigenvalue weighted by Gasteiger charge is 2.09. The molecule has 3 N–H and O–H groups in total. The van der Waals surface area contributed by atoms with Crippen molar-refractivity contribution in [3.63, 3.8) is 0 Å². The monoisotopic (exact) mass is 422 g/mol. The van der Waals surface area contributed by atoms with Crippen molar-refractivity contribution in [1.29, 1.82) is 0 Å². The van der Waals surface area contributed by atoms with Gasteiger partial charge < -0.3 is 0 Å². The van der Waals surface area contributed by atoms with Crippen LogP contribution in [0.1, 0.15) is 16.7 Å². The summed E-state index contributed by atoms with van der Waals surface area (Å²) in [6.07, 6.45) is 0. The maximum absolute atomic E-state index is 4.97. The fourth-order valence-corrected chi connectivity index (χ4v) is 3.33. The van der Waals surface area contributed by atoms with Crippen LogP contribution in [0.5, 0.6) is 0 Å². The first kappa shape index (κ1) is 22.6. The van der Waals surface area contributed by atoms with Crippen LogP contribution in [-0.2, 0) is 34.1 Å². The first-order valence-corrected chi connectivity index (χ1v) is 10.1. The van der Waals surface area contributed by atoms with Crippen molar-refractivity contribution in [2.24, 2.45) is 0 Å². The minimum Gasteiger partial charge on any atom is -0.291 e. The van der Waals surface area contributed by atoms with Gasteiger partial charge in [-0.05, 0) is 53.1 Å². The molecular formula is C24H30N4O3. The number of nitrogens with zero attached hydrogens (tertiary/aromatic N) is 1. The van der Waals surface area contributed by atoms with E-state index in [2.05, 4.69) is 57.7 Å². The van der Waals surface area contributed by atoms with Gasteiger partial charge >= 0.3 is 0 Å². The zero-order valence-electron chi connectivity index (χ0n) is 18.2. The van der Waals surface area contributed by atoms with Crippen molar-refractivity contribution in [2.45, 2.75) is 19.6 Å². The summed E-state index contributed by atoms with van der Waals surface area (Å²) < 4.78 is 0. The Kier molecular flexibility index (Phi) is 8.69. The van der Waals surface area contributed by atoms with E-state index in [1.165, 1.54) is 16.7 Å². The molecular weight excluding hydrogens is 392 g/mol. The van der Waals surface area contributed by atoms with Gasteiger partial charge in [0.2, 0.25) is 0 Å². The normalized spacial score (nSPS) is 10.8. The lowest BCUT2D eigenvalue weighted by Gasteiger charge is -2.23. The van der Waals surface area contributed by atoms with E-state index in [4.69, 9.17) is 14.5 Å². The van der Waals surface area contributed by atoms with Gasteiger partial charge in [-0.3, -0.25) is 35.9 Å². The molecule has 7 nitrogen and oxygen atoms in total. The predicted octanol–water partition coefficient (Wildman–Crippen LogP) is 4.81. The summed E-state index contributed by atoms with van der Waals surface area (Å²) in [6, 6.07) is 24.8. The van der Waals surface area contributed by atoms with E-state index >= 15 is 0 Å². The Hall–Kier alpha value is -3.10. The molecule has 0 aromatic heterocycles. The van der Waals surface area contributed by atoms with E-state index < -0.39 is 0 Å². The second-order valence-electron chi connectivity index (χ2n) is 7.15. The van der Waals surface area contributed by atoms with Crippen LogP contribution in [0.2, 0.25) is 0 Å². The maximum atomic E-state index is 4.97. The lowest BCUT2D eigenvalue weighted by molar-refractivity contribution is 0.247. The van der Waals surface area contributed by atoms with Crippen LogP contribution >= 0.6 is 0 Å². The molecule has 0 aliphatic heterocycles. The summed E-state index contributed by atoms with van der Waals surface area (Å²) in [5, 5.41) is 0. The molecule has 0 unspecified atom stereocenters. The first-order valence-electron chi connectivity index (χ1n) is 10.1. The molecule has 0 saturated carbocycles. The third-order valence-corrected chi connectivity index (χ3v) is 4.74. The molecule has 0 amide bonds. The highest BCUT2D eigenvalue weighted by atomic mass is 16.6. The minimum atomic E-state index is 0.823. The van der Waals surface area contributed by atoms with Gasteiger partial charge in [0.1, 0.15) is 0 Å². The topological polar surface area (TPSA) is 67.0 Å². The summed E-state index contributed by atoms with van der Waals surface area (Å²) in [7, 11) is 4.82. The van der Waals surface area contributed by atoms with Crippen molar-refractivity contribution >= 4 is 17.1 Å². The molecule has 3 rings (SSSR count). The van der Waals surface area contributed by atoms with Crippen molar-refractivity contribution in [2.75, 3.05) is 37.8 Å². The zero-order valence-corrected chi connectivity index (χ0v) is 18.2. The van der Waals surface area contributed by atoms with Gasteiger partial charge in [0.05, 0.1) is 38.4 Å². The van der Waals surface area contributed by atoms with E-state index in [1.807, 2.05) is 36.4 Å². The van der Waals surface area contributed by atoms with Crippen molar-refractivity contribution in [3.8, 4) is 0 Å². The van der Waals surface area contributed by atoms with Crippen LogP contribution in [0.3, 0.4) is 0 Å². The van der Waals surface area contributed by atoms with Crippen LogP contribution in [0, 0.1) is 0 Å². The predicted molar refractivity (Wildman–Crippen MR) is 124 cm³/mol. The highest BCUT2D eigenvalue weighted by Crippen LogP contribution is 2.19. The molecule has 0 heterocycles. The summed E-state index contributed by atoms with van der Waals surface area (Å²) in [5.41, 5.74) is 15.1. The third-order valence-electron chi connectivity index (χ3n) is 4.74. The molecule has 7 heteroatoms. The molecule has 31 heavy (non-hydrogen) atoms. The molecule has 0 aliphatic rings. The number of hydrogen-bond donors (Lipinski definition) is 3. The summed E-state index contributed by atoms with van der Waals surface area (Å²) in [5.74, 6) is 0. The molecule has 0 saturated heterocycles. The molecule has 0 radical (unpaired) electrons. The lowest BCUT2D eigenvalue weighted by atomic mass is 10.1. The fourth-order valence-electron chi connectivity index (χ4n) is 3.33. The van der Waals surface area contributed by atoms with E-state index in [1.54, 1.807) is 21.3 Å². The Balaban J connectivity index is 1.73. The second-order valence-corrected chi connectivity index (χ2v) is 7.15. The van der Waals surface area contributed by atoms with Gasteiger partial charge in [0.15, 0.2) is 0 Å². The van der Waals surface area contributed by atoms with E-state index in [-0.39, 0.29) is 0 Å². The summed E-state index contributed by atoms with van der Waals surface area (Å²) in [6.45, 7) is 2.47. The Morgan fingerprint density at radius 1 is 0.484 bits per heavy atom. The van der Waals surface area contributed by atoms with E-state index in [0.717, 1.165) is 36.7 Å². The average molecular weight is 423 g/mol. The molecule has 0 spiro atoms. The Bertz CT molecular complexity index is 777. The molecule has 164 valence electrons. The lowest BCUT2D eigenvalue weighted by Crippen LogP contribution is -2.22. The van der Waals surface area contributed by atoms with Gasteiger partial charge in [-0.2, -0.15) is 0 Å². The number of nitrogens with one attached hydrogen (secondary N) is 3. The number of benzene rings is 3. The molecule has 0 bridgehead atoms. The minimum absolute atomic E-state index is 0.823. The third kappa shape index (κ3) is 7.27. The van der Waals surface area contributed by atoms with Crippen LogP contribution in [0.15, 0.2) is 72.8 Å². The summed E-state index contributed by atoms with van der Waals surface area (Å²) in [4.78, 5) is 17.3. The molecule has 0 fully saturated rings. The maximum Gasteiger partial charge on any atom is 0.0636 e. The highest BCUT2D eigenvalue weighted by molar-refractivity contribution is 5.44. The second kappa shape index (κ2) is 11.9. The van der Waals surface area contributed by atoms with Crippen LogP contribution in [0.25, 0.3) is 0 Å². The fraction of sp³-hybridized carbons (Fsp3) is 0.250. The molecule has 0 atom stereocenters. The van der Waals surface area contributed by atoms with Crippen LogP contribution < -0.4 is 16.4 Å². The van der Waals surface area contributed by atoms with Gasteiger partial charge in [0, 0.05) is 19.6 Å². The molecule has 3 aromatic rings. The average Bonchev–Trinajstić information content (AvgIpc) is 2.78. The van der Waals surface area contributed by atoms with Crippen LogP contribution in [0.4, 0.5) is 17.1 Å².